The number of aromatic nitrogens is 2. The van der Waals surface area contributed by atoms with E-state index in [0.29, 0.717) is 5.92 Å². The first-order valence-electron chi connectivity index (χ1n) is 7.33. The lowest BCUT2D eigenvalue weighted by molar-refractivity contribution is -0.143. The van der Waals surface area contributed by atoms with Gasteiger partial charge in [-0.2, -0.15) is 0 Å². The normalized spacial score (nSPS) is 27.4. The lowest BCUT2D eigenvalue weighted by Crippen LogP contribution is -2.37. The molecule has 4 nitrogen and oxygen atoms in total. The van der Waals surface area contributed by atoms with Crippen molar-refractivity contribution in [1.82, 2.24) is 9.97 Å². The van der Waals surface area contributed by atoms with Gasteiger partial charge in [0.1, 0.15) is 0 Å². The number of thioether (sulfide) groups is 1. The molecule has 1 aliphatic rings. The molecule has 1 aliphatic carbocycles. The van der Waals surface area contributed by atoms with Gasteiger partial charge in [0.2, 0.25) is 0 Å². The smallest absolute Gasteiger partial charge is 0.307 e. The second-order valence-electron chi connectivity index (χ2n) is 6.35. The molecule has 112 valence electrons. The first kappa shape index (κ1) is 15.4. The molecule has 1 fully saturated rings. The molecule has 0 bridgehead atoms. The van der Waals surface area contributed by atoms with Crippen molar-refractivity contribution in [3.05, 3.63) is 12.4 Å². The van der Waals surface area contributed by atoms with Gasteiger partial charge < -0.3 is 10.1 Å². The minimum atomic E-state index is -0.665. The van der Waals surface area contributed by atoms with Gasteiger partial charge in [0.25, 0.3) is 0 Å². The number of H-pyrrole nitrogens is 1. The van der Waals surface area contributed by atoms with Gasteiger partial charge in [-0.15, -0.1) is 0 Å². The van der Waals surface area contributed by atoms with E-state index in [1.54, 1.807) is 24.2 Å². The van der Waals surface area contributed by atoms with E-state index in [1.165, 1.54) is 0 Å². The Bertz CT molecular complexity index is 445. The minimum Gasteiger partial charge on any atom is -0.481 e. The number of nitrogens with zero attached hydrogens (tertiary/aromatic N) is 1. The number of carboxylic acids is 1. The first-order chi connectivity index (χ1) is 9.44. The molecular weight excluding hydrogens is 272 g/mol. The highest BCUT2D eigenvalue weighted by molar-refractivity contribution is 7.99. The van der Waals surface area contributed by atoms with Crippen LogP contribution in [0.25, 0.3) is 0 Å². The monoisotopic (exact) mass is 296 g/mol. The SMILES string of the molecule is CCC(C)(C)C1CCC(C(=O)O)C(Sc2ncc[nH]2)C1. The molecule has 0 aliphatic heterocycles. The van der Waals surface area contributed by atoms with Gasteiger partial charge in [0, 0.05) is 17.6 Å². The molecule has 0 amide bonds. The van der Waals surface area contributed by atoms with E-state index < -0.39 is 5.97 Å². The third-order valence-corrected chi connectivity index (χ3v) is 6.13. The molecule has 0 aromatic carbocycles. The molecule has 3 unspecified atom stereocenters. The molecule has 1 aromatic rings. The number of nitrogens with one attached hydrogen (secondary N) is 1. The van der Waals surface area contributed by atoms with Gasteiger partial charge in [-0.1, -0.05) is 39.0 Å². The molecule has 20 heavy (non-hydrogen) atoms. The van der Waals surface area contributed by atoms with Crippen molar-refractivity contribution in [2.24, 2.45) is 17.3 Å². The van der Waals surface area contributed by atoms with Gasteiger partial charge in [-0.3, -0.25) is 4.79 Å². The molecule has 1 heterocycles. The average molecular weight is 296 g/mol. The number of aromatic amines is 1. The van der Waals surface area contributed by atoms with Crippen LogP contribution in [0.15, 0.2) is 17.6 Å². The molecule has 2 N–H and O–H groups in total. The van der Waals surface area contributed by atoms with Crippen molar-refractivity contribution in [2.45, 2.75) is 56.9 Å². The fourth-order valence-corrected chi connectivity index (χ4v) is 4.29. The predicted molar refractivity (Wildman–Crippen MR) is 80.8 cm³/mol. The number of carbonyl (C=O) groups is 1. The Labute approximate surface area is 124 Å². The van der Waals surface area contributed by atoms with Crippen molar-refractivity contribution in [3.63, 3.8) is 0 Å². The Morgan fingerprint density at radius 1 is 1.55 bits per heavy atom. The topological polar surface area (TPSA) is 66.0 Å². The van der Waals surface area contributed by atoms with Gasteiger partial charge in [0.15, 0.2) is 5.16 Å². The molecule has 1 saturated carbocycles. The number of hydrogen-bond acceptors (Lipinski definition) is 3. The maximum atomic E-state index is 11.5. The van der Waals surface area contributed by atoms with Gasteiger partial charge in [-0.05, 0) is 30.6 Å². The Hall–Kier alpha value is -0.970. The summed E-state index contributed by atoms with van der Waals surface area (Å²) in [6.45, 7) is 6.82. The zero-order valence-electron chi connectivity index (χ0n) is 12.4. The van der Waals surface area contributed by atoms with Crippen LogP contribution in [-0.2, 0) is 4.79 Å². The van der Waals surface area contributed by atoms with Crippen LogP contribution in [0.1, 0.15) is 46.5 Å². The van der Waals surface area contributed by atoms with Crippen LogP contribution in [-0.4, -0.2) is 26.3 Å². The highest BCUT2D eigenvalue weighted by Crippen LogP contribution is 2.46. The summed E-state index contributed by atoms with van der Waals surface area (Å²) in [6.07, 6.45) is 7.40. The Balaban J connectivity index is 2.11. The highest BCUT2D eigenvalue weighted by Gasteiger charge is 2.40. The second-order valence-corrected chi connectivity index (χ2v) is 7.58. The van der Waals surface area contributed by atoms with Crippen molar-refractivity contribution in [2.75, 3.05) is 0 Å². The van der Waals surface area contributed by atoms with Crippen LogP contribution >= 0.6 is 11.8 Å². The highest BCUT2D eigenvalue weighted by atomic mass is 32.2. The second kappa shape index (κ2) is 6.20. The Kier molecular flexibility index (Phi) is 4.78. The summed E-state index contributed by atoms with van der Waals surface area (Å²) in [5.74, 6) is -0.327. The van der Waals surface area contributed by atoms with Crippen molar-refractivity contribution in [3.8, 4) is 0 Å². The quantitative estimate of drug-likeness (QED) is 0.867. The zero-order chi connectivity index (χ0) is 14.8. The number of aliphatic carboxylic acids is 1. The largest absolute Gasteiger partial charge is 0.481 e. The van der Waals surface area contributed by atoms with Crippen molar-refractivity contribution in [1.29, 1.82) is 0 Å². The van der Waals surface area contributed by atoms with E-state index in [-0.39, 0.29) is 16.6 Å². The average Bonchev–Trinajstić information content (AvgIpc) is 2.91. The lowest BCUT2D eigenvalue weighted by Gasteiger charge is -2.41. The summed E-state index contributed by atoms with van der Waals surface area (Å²) in [5, 5.41) is 10.4. The molecule has 0 saturated heterocycles. The van der Waals surface area contributed by atoms with E-state index in [2.05, 4.69) is 30.7 Å². The molecule has 5 heteroatoms. The first-order valence-corrected chi connectivity index (χ1v) is 8.21. The van der Waals surface area contributed by atoms with Crippen LogP contribution in [0.2, 0.25) is 0 Å². The molecule has 2 rings (SSSR count). The minimum absolute atomic E-state index is 0.114. The van der Waals surface area contributed by atoms with Gasteiger partial charge in [-0.25, -0.2) is 4.98 Å². The lowest BCUT2D eigenvalue weighted by atomic mass is 9.67. The van der Waals surface area contributed by atoms with Crippen LogP contribution in [0.4, 0.5) is 0 Å². The van der Waals surface area contributed by atoms with E-state index in [0.717, 1.165) is 30.8 Å². The van der Waals surface area contributed by atoms with Gasteiger partial charge in [0.05, 0.1) is 5.92 Å². The number of hydrogen-bond donors (Lipinski definition) is 2. The standard InChI is InChI=1S/C15H24N2O2S/c1-4-15(2,3)10-5-6-11(13(18)19)12(9-10)20-14-16-7-8-17-14/h7-8,10-12H,4-6,9H2,1-3H3,(H,16,17)(H,18,19). The van der Waals surface area contributed by atoms with E-state index in [9.17, 15) is 9.90 Å². The fraction of sp³-hybridized carbons (Fsp3) is 0.733. The van der Waals surface area contributed by atoms with Crippen LogP contribution in [0, 0.1) is 17.3 Å². The maximum absolute atomic E-state index is 11.5. The van der Waals surface area contributed by atoms with Crippen molar-refractivity contribution >= 4 is 17.7 Å². The Morgan fingerprint density at radius 2 is 2.30 bits per heavy atom. The molecule has 1 aromatic heterocycles. The van der Waals surface area contributed by atoms with Crippen molar-refractivity contribution < 1.29 is 9.90 Å². The molecule has 0 radical (unpaired) electrons. The Morgan fingerprint density at radius 3 is 2.85 bits per heavy atom. The maximum Gasteiger partial charge on any atom is 0.307 e. The fourth-order valence-electron chi connectivity index (χ4n) is 3.00. The predicted octanol–water partition coefficient (Wildman–Crippen LogP) is 3.81. The molecule has 0 spiro atoms. The summed E-state index contributed by atoms with van der Waals surface area (Å²) in [7, 11) is 0. The molecule has 3 atom stereocenters. The van der Waals surface area contributed by atoms with E-state index in [1.807, 2.05) is 0 Å². The number of rotatable bonds is 5. The summed E-state index contributed by atoms with van der Waals surface area (Å²) in [4.78, 5) is 18.8. The summed E-state index contributed by atoms with van der Waals surface area (Å²) in [6, 6.07) is 0. The number of carboxylic acid groups (broad SMARTS) is 1. The molecular formula is C15H24N2O2S. The third kappa shape index (κ3) is 3.37. The summed E-state index contributed by atoms with van der Waals surface area (Å²) < 4.78 is 0. The van der Waals surface area contributed by atoms with Crippen LogP contribution in [0.5, 0.6) is 0 Å². The van der Waals surface area contributed by atoms with E-state index in [4.69, 9.17) is 0 Å². The third-order valence-electron chi connectivity index (χ3n) is 4.86. The summed E-state index contributed by atoms with van der Waals surface area (Å²) in [5.41, 5.74) is 0.283. The summed E-state index contributed by atoms with van der Waals surface area (Å²) >= 11 is 1.59. The number of imidazole rings is 1. The van der Waals surface area contributed by atoms with E-state index >= 15 is 0 Å². The van der Waals surface area contributed by atoms with Gasteiger partial charge >= 0.3 is 5.97 Å². The zero-order valence-corrected chi connectivity index (χ0v) is 13.2. The van der Waals surface area contributed by atoms with Crippen LogP contribution in [0.3, 0.4) is 0 Å². The van der Waals surface area contributed by atoms with Crippen LogP contribution < -0.4 is 0 Å².